The van der Waals surface area contributed by atoms with E-state index < -0.39 is 9.84 Å². The minimum atomic E-state index is -3.09. The Bertz CT molecular complexity index is 831. The number of nitrogens with zero attached hydrogens (tertiary/aromatic N) is 2. The summed E-state index contributed by atoms with van der Waals surface area (Å²) in [5.74, 6) is -0.0697. The molecule has 134 valence electrons. The zero-order chi connectivity index (χ0) is 18.2. The summed E-state index contributed by atoms with van der Waals surface area (Å²) in [5, 5.41) is 0.435. The summed E-state index contributed by atoms with van der Waals surface area (Å²) in [6, 6.07) is 6.76. The lowest BCUT2D eigenvalue weighted by Crippen LogP contribution is -2.37. The molecule has 0 radical (unpaired) electrons. The maximum atomic E-state index is 12.0. The number of carbonyl (C=O) groups excluding carboxylic acids is 2. The van der Waals surface area contributed by atoms with Crippen LogP contribution in [0.25, 0.3) is 0 Å². The van der Waals surface area contributed by atoms with Crippen LogP contribution in [-0.4, -0.2) is 48.1 Å². The number of thioether (sulfide) groups is 1. The van der Waals surface area contributed by atoms with E-state index in [2.05, 4.69) is 4.99 Å². The fourth-order valence-corrected chi connectivity index (χ4v) is 7.03. The van der Waals surface area contributed by atoms with E-state index in [-0.39, 0.29) is 34.5 Å². The van der Waals surface area contributed by atoms with Gasteiger partial charge in [0, 0.05) is 22.9 Å². The van der Waals surface area contributed by atoms with Gasteiger partial charge in [0.25, 0.3) is 0 Å². The quantitative estimate of drug-likeness (QED) is 0.745. The Labute approximate surface area is 151 Å². The first kappa shape index (κ1) is 18.1. The summed E-state index contributed by atoms with van der Waals surface area (Å²) in [7, 11) is -3.09. The van der Waals surface area contributed by atoms with Crippen LogP contribution in [0.2, 0.25) is 0 Å². The van der Waals surface area contributed by atoms with Crippen molar-refractivity contribution >= 4 is 44.1 Å². The SMILES string of the molecule is CCCC(=O)N=C1S[C@@H]2CS(=O)(=O)C[C@H]2N1c1ccc(C(C)=O)cc1. The number of sulfone groups is 1. The molecule has 1 amide bonds. The number of benzene rings is 1. The number of Topliss-reactive ketones (excluding diaryl/α,β-unsaturated/α-hetero) is 1. The van der Waals surface area contributed by atoms with Gasteiger partial charge in [-0.25, -0.2) is 8.42 Å². The third-order valence-corrected chi connectivity index (χ3v) is 7.51. The number of aliphatic imine (C=N–C) groups is 1. The van der Waals surface area contributed by atoms with Crippen LogP contribution in [0.4, 0.5) is 5.69 Å². The normalized spacial score (nSPS) is 26.0. The highest BCUT2D eigenvalue weighted by atomic mass is 32.2. The van der Waals surface area contributed by atoms with Crippen LogP contribution in [-0.2, 0) is 14.6 Å². The van der Waals surface area contributed by atoms with Crippen LogP contribution in [0.5, 0.6) is 0 Å². The van der Waals surface area contributed by atoms with Gasteiger partial charge in [-0.15, -0.1) is 0 Å². The van der Waals surface area contributed by atoms with E-state index in [1.165, 1.54) is 18.7 Å². The first-order chi connectivity index (χ1) is 11.8. The second-order valence-electron chi connectivity index (χ2n) is 6.31. The zero-order valence-electron chi connectivity index (χ0n) is 14.1. The molecule has 2 aliphatic rings. The van der Waals surface area contributed by atoms with Crippen LogP contribution in [0.3, 0.4) is 0 Å². The number of carbonyl (C=O) groups is 2. The topological polar surface area (TPSA) is 83.9 Å². The molecule has 0 aromatic heterocycles. The smallest absolute Gasteiger partial charge is 0.248 e. The minimum absolute atomic E-state index is 0.0318. The van der Waals surface area contributed by atoms with Gasteiger partial charge in [-0.3, -0.25) is 9.59 Å². The lowest BCUT2D eigenvalue weighted by Gasteiger charge is -2.24. The number of ketones is 1. The number of hydrogen-bond acceptors (Lipinski definition) is 5. The highest BCUT2D eigenvalue weighted by Crippen LogP contribution is 2.41. The third-order valence-electron chi connectivity index (χ3n) is 4.30. The summed E-state index contributed by atoms with van der Waals surface area (Å²) in [6.07, 6.45) is 1.09. The highest BCUT2D eigenvalue weighted by molar-refractivity contribution is 8.16. The van der Waals surface area contributed by atoms with Gasteiger partial charge >= 0.3 is 0 Å². The van der Waals surface area contributed by atoms with Crippen molar-refractivity contribution in [1.29, 1.82) is 0 Å². The van der Waals surface area contributed by atoms with Crippen LogP contribution >= 0.6 is 11.8 Å². The van der Waals surface area contributed by atoms with E-state index in [4.69, 9.17) is 0 Å². The summed E-state index contributed by atoms with van der Waals surface area (Å²) in [4.78, 5) is 29.5. The molecule has 6 nitrogen and oxygen atoms in total. The van der Waals surface area contributed by atoms with E-state index in [1.54, 1.807) is 24.3 Å². The summed E-state index contributed by atoms with van der Waals surface area (Å²) < 4.78 is 24.0. The highest BCUT2D eigenvalue weighted by Gasteiger charge is 2.49. The summed E-state index contributed by atoms with van der Waals surface area (Å²) in [6.45, 7) is 3.41. The van der Waals surface area contributed by atoms with Gasteiger partial charge in [0.05, 0.1) is 17.5 Å². The standard InChI is InChI=1S/C17H20N2O4S2/c1-3-4-16(21)18-17-19(13-7-5-12(6-8-13)11(2)20)14-9-25(22,23)10-15(14)24-17/h5-8,14-15H,3-4,9-10H2,1-2H3/t14-,15-/m1/s1. The third kappa shape index (κ3) is 3.79. The average Bonchev–Trinajstić information content (AvgIpc) is 2.98. The lowest BCUT2D eigenvalue weighted by molar-refractivity contribution is -0.117. The summed E-state index contributed by atoms with van der Waals surface area (Å²) in [5.41, 5.74) is 1.34. The number of amides is 1. The molecule has 0 unspecified atom stereocenters. The van der Waals surface area contributed by atoms with Crippen LogP contribution < -0.4 is 4.90 Å². The molecule has 2 saturated heterocycles. The van der Waals surface area contributed by atoms with E-state index in [0.29, 0.717) is 17.2 Å². The van der Waals surface area contributed by atoms with Gasteiger partial charge in [0.15, 0.2) is 20.8 Å². The Morgan fingerprint density at radius 2 is 1.92 bits per heavy atom. The van der Waals surface area contributed by atoms with E-state index in [0.717, 1.165) is 12.1 Å². The fraction of sp³-hybridized carbons (Fsp3) is 0.471. The molecule has 1 aromatic carbocycles. The first-order valence-corrected chi connectivity index (χ1v) is 10.9. The second kappa shape index (κ2) is 6.92. The molecule has 8 heteroatoms. The van der Waals surface area contributed by atoms with E-state index in [9.17, 15) is 18.0 Å². The molecule has 2 aliphatic heterocycles. The van der Waals surface area contributed by atoms with Crippen LogP contribution in [0.1, 0.15) is 37.0 Å². The minimum Gasteiger partial charge on any atom is -0.316 e. The fourth-order valence-electron chi connectivity index (χ4n) is 3.10. The van der Waals surface area contributed by atoms with Crippen molar-refractivity contribution in [1.82, 2.24) is 0 Å². The predicted octanol–water partition coefficient (Wildman–Crippen LogP) is 2.29. The van der Waals surface area contributed by atoms with E-state index in [1.807, 2.05) is 11.8 Å². The Morgan fingerprint density at radius 1 is 1.24 bits per heavy atom. The number of hydrogen-bond donors (Lipinski definition) is 0. The predicted molar refractivity (Wildman–Crippen MR) is 100 cm³/mol. The average molecular weight is 380 g/mol. The molecule has 0 bridgehead atoms. The molecule has 0 aliphatic carbocycles. The second-order valence-corrected chi connectivity index (χ2v) is 9.67. The number of rotatable bonds is 4. The Morgan fingerprint density at radius 3 is 2.52 bits per heavy atom. The first-order valence-electron chi connectivity index (χ1n) is 8.19. The molecular weight excluding hydrogens is 360 g/mol. The number of fused-ring (bicyclic) bond motifs is 1. The Hall–Kier alpha value is -1.67. The van der Waals surface area contributed by atoms with Gasteiger partial charge in [0.2, 0.25) is 5.91 Å². The Balaban J connectivity index is 1.97. The van der Waals surface area contributed by atoms with Crippen molar-refractivity contribution in [2.75, 3.05) is 16.4 Å². The van der Waals surface area contributed by atoms with E-state index >= 15 is 0 Å². The molecule has 0 saturated carbocycles. The van der Waals surface area contributed by atoms with Gasteiger partial charge < -0.3 is 4.90 Å². The molecular formula is C17H20N2O4S2. The van der Waals surface area contributed by atoms with Crippen molar-refractivity contribution in [2.24, 2.45) is 4.99 Å². The molecule has 2 atom stereocenters. The lowest BCUT2D eigenvalue weighted by atomic mass is 10.1. The number of anilines is 1. The molecule has 1 aromatic rings. The molecule has 0 spiro atoms. The van der Waals surface area contributed by atoms with Crippen molar-refractivity contribution in [2.45, 2.75) is 38.0 Å². The van der Waals surface area contributed by atoms with Crippen molar-refractivity contribution in [3.05, 3.63) is 29.8 Å². The largest absolute Gasteiger partial charge is 0.316 e. The van der Waals surface area contributed by atoms with Gasteiger partial charge in [-0.2, -0.15) is 4.99 Å². The maximum absolute atomic E-state index is 12.0. The number of amidine groups is 1. The summed E-state index contributed by atoms with van der Waals surface area (Å²) >= 11 is 1.36. The van der Waals surface area contributed by atoms with Crippen LogP contribution in [0, 0.1) is 0 Å². The zero-order valence-corrected chi connectivity index (χ0v) is 15.8. The van der Waals surface area contributed by atoms with Crippen molar-refractivity contribution in [3.8, 4) is 0 Å². The van der Waals surface area contributed by atoms with Crippen molar-refractivity contribution < 1.29 is 18.0 Å². The van der Waals surface area contributed by atoms with Crippen LogP contribution in [0.15, 0.2) is 29.3 Å². The molecule has 0 N–H and O–H groups in total. The molecule has 2 fully saturated rings. The molecule has 25 heavy (non-hydrogen) atoms. The van der Waals surface area contributed by atoms with Gasteiger partial charge in [0.1, 0.15) is 0 Å². The monoisotopic (exact) mass is 380 g/mol. The van der Waals surface area contributed by atoms with Crippen molar-refractivity contribution in [3.63, 3.8) is 0 Å². The van der Waals surface area contributed by atoms with Gasteiger partial charge in [-0.05, 0) is 37.6 Å². The Kier molecular flexibility index (Phi) is 5.02. The molecule has 2 heterocycles. The maximum Gasteiger partial charge on any atom is 0.248 e. The van der Waals surface area contributed by atoms with Gasteiger partial charge in [-0.1, -0.05) is 18.7 Å². The molecule has 3 rings (SSSR count).